The van der Waals surface area contributed by atoms with Crippen LogP contribution >= 0.6 is 27.3 Å². The smallest absolute Gasteiger partial charge is 0.263 e. The third-order valence-corrected chi connectivity index (χ3v) is 7.50. The summed E-state index contributed by atoms with van der Waals surface area (Å²) >= 11 is 4.98. The van der Waals surface area contributed by atoms with E-state index >= 15 is 0 Å². The molecule has 1 unspecified atom stereocenters. The number of aromatic nitrogens is 2. The van der Waals surface area contributed by atoms with Crippen molar-refractivity contribution in [3.05, 3.63) is 80.1 Å². The Labute approximate surface area is 209 Å². The fraction of sp³-hybridized carbons (Fsp3) is 0.231. The van der Waals surface area contributed by atoms with Crippen molar-refractivity contribution in [2.45, 2.75) is 39.7 Å². The molecular weight excluding hydrogens is 514 g/mol. The second-order valence-electron chi connectivity index (χ2n) is 7.95. The van der Waals surface area contributed by atoms with Crippen LogP contribution < -0.4 is 10.9 Å². The molecule has 0 radical (unpaired) electrons. The number of nitrogens with zero attached hydrogens (tertiary/aromatic N) is 2. The standard InChI is InChI=1S/C26H24BrN3O3S/c1-4-20(24(32)29-19-8-6-7-17(13-19)15(3)31)30-14-28-25-23(26(30)33)22(21(5-2)34-25)16-9-11-18(27)12-10-16/h6-14,20H,4-5H2,1-3H3,(H,29,32). The first-order valence-corrected chi connectivity index (χ1v) is 12.6. The molecule has 174 valence electrons. The zero-order valence-electron chi connectivity index (χ0n) is 19.1. The lowest BCUT2D eigenvalue weighted by Crippen LogP contribution is -2.33. The van der Waals surface area contributed by atoms with E-state index in [4.69, 9.17) is 0 Å². The van der Waals surface area contributed by atoms with Gasteiger partial charge in [-0.2, -0.15) is 0 Å². The predicted octanol–water partition coefficient (Wildman–Crippen LogP) is 6.24. The Hall–Kier alpha value is -3.10. The minimum Gasteiger partial charge on any atom is -0.324 e. The normalized spacial score (nSPS) is 12.0. The summed E-state index contributed by atoms with van der Waals surface area (Å²) in [5, 5.41) is 3.39. The van der Waals surface area contributed by atoms with Crippen LogP contribution in [0.15, 0.2) is 64.1 Å². The molecule has 4 rings (SSSR count). The monoisotopic (exact) mass is 537 g/mol. The summed E-state index contributed by atoms with van der Waals surface area (Å²) in [5.41, 5.74) is 2.61. The van der Waals surface area contributed by atoms with Gasteiger partial charge in [-0.1, -0.05) is 54.0 Å². The van der Waals surface area contributed by atoms with Crippen LogP contribution in [-0.2, 0) is 11.2 Å². The Bertz CT molecular complexity index is 1440. The molecule has 0 fully saturated rings. The number of aryl methyl sites for hydroxylation is 1. The van der Waals surface area contributed by atoms with Gasteiger partial charge in [0.15, 0.2) is 5.78 Å². The molecule has 0 spiro atoms. The van der Waals surface area contributed by atoms with Crippen LogP contribution in [0.5, 0.6) is 0 Å². The SMILES string of the molecule is CCc1sc2ncn(C(CC)C(=O)Nc3cccc(C(C)=O)c3)c(=O)c2c1-c1ccc(Br)cc1. The van der Waals surface area contributed by atoms with Gasteiger partial charge in [-0.15, -0.1) is 11.3 Å². The molecule has 6 nitrogen and oxygen atoms in total. The topological polar surface area (TPSA) is 81.1 Å². The van der Waals surface area contributed by atoms with Crippen LogP contribution in [-0.4, -0.2) is 21.2 Å². The Morgan fingerprint density at radius 2 is 1.88 bits per heavy atom. The highest BCUT2D eigenvalue weighted by molar-refractivity contribution is 9.10. The summed E-state index contributed by atoms with van der Waals surface area (Å²) in [4.78, 5) is 44.9. The molecule has 0 bridgehead atoms. The first-order chi connectivity index (χ1) is 16.3. The number of fused-ring (bicyclic) bond motifs is 1. The molecule has 0 aliphatic heterocycles. The van der Waals surface area contributed by atoms with Gasteiger partial charge >= 0.3 is 0 Å². The predicted molar refractivity (Wildman–Crippen MR) is 141 cm³/mol. The van der Waals surface area contributed by atoms with E-state index in [1.165, 1.54) is 29.2 Å². The summed E-state index contributed by atoms with van der Waals surface area (Å²) in [7, 11) is 0. The highest BCUT2D eigenvalue weighted by Gasteiger charge is 2.24. The third-order valence-electron chi connectivity index (χ3n) is 5.73. The molecule has 0 aliphatic carbocycles. The molecule has 0 aliphatic rings. The Balaban J connectivity index is 1.78. The zero-order valence-corrected chi connectivity index (χ0v) is 21.5. The van der Waals surface area contributed by atoms with Gasteiger partial charge in [-0.3, -0.25) is 19.0 Å². The molecular formula is C26H24BrN3O3S. The summed E-state index contributed by atoms with van der Waals surface area (Å²) in [6, 6.07) is 13.9. The van der Waals surface area contributed by atoms with E-state index in [0.29, 0.717) is 27.9 Å². The Kier molecular flexibility index (Phi) is 7.09. The van der Waals surface area contributed by atoms with E-state index < -0.39 is 6.04 Å². The largest absolute Gasteiger partial charge is 0.324 e. The number of carbonyl (C=O) groups excluding carboxylic acids is 2. The number of hydrogen-bond acceptors (Lipinski definition) is 5. The van der Waals surface area contributed by atoms with Crippen molar-refractivity contribution in [3.63, 3.8) is 0 Å². The lowest BCUT2D eigenvalue weighted by atomic mass is 10.0. The van der Waals surface area contributed by atoms with Gasteiger partial charge in [0, 0.05) is 26.2 Å². The fourth-order valence-corrected chi connectivity index (χ4v) is 5.35. The second-order valence-corrected chi connectivity index (χ2v) is 9.95. The maximum Gasteiger partial charge on any atom is 0.263 e. The van der Waals surface area contributed by atoms with Crippen molar-refractivity contribution in [2.75, 3.05) is 5.32 Å². The van der Waals surface area contributed by atoms with Gasteiger partial charge in [-0.05, 0) is 49.6 Å². The number of nitrogens with one attached hydrogen (secondary N) is 1. The summed E-state index contributed by atoms with van der Waals surface area (Å²) in [6.45, 7) is 5.39. The molecule has 2 aromatic carbocycles. The second kappa shape index (κ2) is 10.0. The van der Waals surface area contributed by atoms with Gasteiger partial charge in [-0.25, -0.2) is 4.98 Å². The Morgan fingerprint density at radius 3 is 2.53 bits per heavy atom. The number of halogens is 1. The maximum absolute atomic E-state index is 13.7. The number of amides is 1. The van der Waals surface area contributed by atoms with E-state index in [-0.39, 0.29) is 17.2 Å². The highest BCUT2D eigenvalue weighted by atomic mass is 79.9. The lowest BCUT2D eigenvalue weighted by molar-refractivity contribution is -0.119. The number of carbonyl (C=O) groups is 2. The molecule has 2 aromatic heterocycles. The minimum atomic E-state index is -0.742. The molecule has 0 saturated heterocycles. The average molecular weight is 538 g/mol. The van der Waals surface area contributed by atoms with E-state index in [9.17, 15) is 14.4 Å². The number of ketones is 1. The molecule has 1 amide bonds. The van der Waals surface area contributed by atoms with Crippen LogP contribution in [0.1, 0.15) is 48.5 Å². The van der Waals surface area contributed by atoms with Gasteiger partial charge < -0.3 is 5.32 Å². The molecule has 0 saturated carbocycles. The average Bonchev–Trinajstić information content (AvgIpc) is 3.21. The van der Waals surface area contributed by atoms with Gasteiger partial charge in [0.25, 0.3) is 5.56 Å². The molecule has 4 aromatic rings. The maximum atomic E-state index is 13.7. The van der Waals surface area contributed by atoms with Crippen LogP contribution in [0.4, 0.5) is 5.69 Å². The number of Topliss-reactive ketones (excluding diaryl/α,β-unsaturated/α-hetero) is 1. The quantitative estimate of drug-likeness (QED) is 0.283. The van der Waals surface area contributed by atoms with Crippen molar-refractivity contribution in [1.29, 1.82) is 0 Å². The van der Waals surface area contributed by atoms with Crippen molar-refractivity contribution in [1.82, 2.24) is 9.55 Å². The number of benzene rings is 2. The van der Waals surface area contributed by atoms with Crippen molar-refractivity contribution >= 4 is 54.9 Å². The fourth-order valence-electron chi connectivity index (χ4n) is 3.99. The van der Waals surface area contributed by atoms with E-state index in [0.717, 1.165) is 26.9 Å². The number of hydrogen-bond donors (Lipinski definition) is 1. The Morgan fingerprint density at radius 1 is 1.15 bits per heavy atom. The van der Waals surface area contributed by atoms with Crippen molar-refractivity contribution < 1.29 is 9.59 Å². The van der Waals surface area contributed by atoms with E-state index in [1.54, 1.807) is 24.3 Å². The molecule has 1 atom stereocenters. The van der Waals surface area contributed by atoms with E-state index in [1.807, 2.05) is 31.2 Å². The highest BCUT2D eigenvalue weighted by Crippen LogP contribution is 2.37. The van der Waals surface area contributed by atoms with Gasteiger partial charge in [0.05, 0.1) is 11.7 Å². The first kappa shape index (κ1) is 24.0. The molecule has 34 heavy (non-hydrogen) atoms. The number of thiophene rings is 1. The molecule has 8 heteroatoms. The van der Waals surface area contributed by atoms with E-state index in [2.05, 4.69) is 33.2 Å². The first-order valence-electron chi connectivity index (χ1n) is 11.0. The molecule has 2 heterocycles. The summed E-state index contributed by atoms with van der Waals surface area (Å²) < 4.78 is 2.38. The summed E-state index contributed by atoms with van der Waals surface area (Å²) in [5.74, 6) is -0.416. The van der Waals surface area contributed by atoms with Crippen molar-refractivity contribution in [3.8, 4) is 11.1 Å². The van der Waals surface area contributed by atoms with Crippen LogP contribution in [0.3, 0.4) is 0 Å². The zero-order chi connectivity index (χ0) is 24.4. The van der Waals surface area contributed by atoms with Gasteiger partial charge in [0.1, 0.15) is 10.9 Å². The van der Waals surface area contributed by atoms with Crippen LogP contribution in [0.2, 0.25) is 0 Å². The number of anilines is 1. The van der Waals surface area contributed by atoms with Gasteiger partial charge in [0.2, 0.25) is 5.91 Å². The van der Waals surface area contributed by atoms with Crippen molar-refractivity contribution in [2.24, 2.45) is 0 Å². The van der Waals surface area contributed by atoms with Crippen LogP contribution in [0, 0.1) is 0 Å². The summed E-state index contributed by atoms with van der Waals surface area (Å²) in [6.07, 6.45) is 2.64. The lowest BCUT2D eigenvalue weighted by Gasteiger charge is -2.18. The third kappa shape index (κ3) is 4.60. The minimum absolute atomic E-state index is 0.0846. The molecule has 1 N–H and O–H groups in total. The van der Waals surface area contributed by atoms with Crippen LogP contribution in [0.25, 0.3) is 21.3 Å². The number of rotatable bonds is 7.